The van der Waals surface area contributed by atoms with Crippen LogP contribution in [0.5, 0.6) is 0 Å². The molecule has 0 bridgehead atoms. The van der Waals surface area contributed by atoms with Crippen LogP contribution in [-0.2, 0) is 11.3 Å². The van der Waals surface area contributed by atoms with Crippen LogP contribution in [0, 0.1) is 5.92 Å². The average molecular weight is 264 g/mol. The quantitative estimate of drug-likeness (QED) is 0.745. The highest BCUT2D eigenvalue weighted by atomic mass is 16.5. The van der Waals surface area contributed by atoms with Crippen molar-refractivity contribution in [2.24, 2.45) is 11.7 Å². The number of hydrogen-bond acceptors (Lipinski definition) is 3. The number of hydrogen-bond donors (Lipinski definition) is 1. The van der Waals surface area contributed by atoms with Crippen molar-refractivity contribution in [3.05, 3.63) is 35.9 Å². The minimum absolute atomic E-state index is 0.441. The molecular weight excluding hydrogens is 236 g/mol. The van der Waals surface area contributed by atoms with E-state index in [9.17, 15) is 0 Å². The molecule has 1 atom stereocenters. The molecule has 0 aliphatic heterocycles. The molecule has 0 saturated carbocycles. The lowest BCUT2D eigenvalue weighted by Crippen LogP contribution is -2.42. The van der Waals surface area contributed by atoms with Crippen molar-refractivity contribution < 1.29 is 4.74 Å². The predicted molar refractivity (Wildman–Crippen MR) is 81.0 cm³/mol. The van der Waals surface area contributed by atoms with E-state index in [0.717, 1.165) is 32.7 Å². The summed E-state index contributed by atoms with van der Waals surface area (Å²) in [5.74, 6) is 0.571. The molecule has 108 valence electrons. The van der Waals surface area contributed by atoms with Crippen molar-refractivity contribution in [1.29, 1.82) is 0 Å². The van der Waals surface area contributed by atoms with Crippen LogP contribution in [0.1, 0.15) is 25.8 Å². The molecule has 0 amide bonds. The number of nitrogens with zero attached hydrogens (tertiary/aromatic N) is 1. The summed E-state index contributed by atoms with van der Waals surface area (Å²) in [5.41, 5.74) is 7.01. The second kappa shape index (κ2) is 9.08. The molecule has 2 N–H and O–H groups in total. The Morgan fingerprint density at radius 2 is 1.89 bits per heavy atom. The van der Waals surface area contributed by atoms with E-state index in [4.69, 9.17) is 10.5 Å². The van der Waals surface area contributed by atoms with Gasteiger partial charge in [0.15, 0.2) is 0 Å². The van der Waals surface area contributed by atoms with Crippen LogP contribution < -0.4 is 5.73 Å². The second-order valence-electron chi connectivity index (χ2n) is 5.37. The third-order valence-electron chi connectivity index (χ3n) is 3.45. The molecule has 0 radical (unpaired) electrons. The summed E-state index contributed by atoms with van der Waals surface area (Å²) in [6.07, 6.45) is 1.03. The van der Waals surface area contributed by atoms with E-state index in [1.165, 1.54) is 5.56 Å². The zero-order valence-corrected chi connectivity index (χ0v) is 12.5. The Labute approximate surface area is 117 Å². The topological polar surface area (TPSA) is 38.5 Å². The van der Waals surface area contributed by atoms with Gasteiger partial charge >= 0.3 is 0 Å². The summed E-state index contributed by atoms with van der Waals surface area (Å²) >= 11 is 0. The maximum atomic E-state index is 5.66. The van der Waals surface area contributed by atoms with Crippen molar-refractivity contribution >= 4 is 0 Å². The zero-order valence-electron chi connectivity index (χ0n) is 12.5. The fourth-order valence-electron chi connectivity index (χ4n) is 2.36. The first kappa shape index (κ1) is 16.2. The Balaban J connectivity index is 2.74. The molecule has 19 heavy (non-hydrogen) atoms. The predicted octanol–water partition coefficient (Wildman–Crippen LogP) is 2.51. The third kappa shape index (κ3) is 5.72. The van der Waals surface area contributed by atoms with Gasteiger partial charge in [-0.05, 0) is 24.4 Å². The molecule has 1 aromatic carbocycles. The maximum Gasteiger partial charge on any atom is 0.0620 e. The van der Waals surface area contributed by atoms with Gasteiger partial charge in [0, 0.05) is 26.2 Å². The van der Waals surface area contributed by atoms with Crippen molar-refractivity contribution in [2.75, 3.05) is 26.8 Å². The molecule has 1 rings (SSSR count). The minimum Gasteiger partial charge on any atom is -0.383 e. The fourth-order valence-corrected chi connectivity index (χ4v) is 2.36. The highest BCUT2D eigenvalue weighted by molar-refractivity contribution is 5.14. The summed E-state index contributed by atoms with van der Waals surface area (Å²) in [6.45, 7) is 8.01. The zero-order chi connectivity index (χ0) is 14.1. The lowest BCUT2D eigenvalue weighted by Gasteiger charge is -2.34. The molecule has 0 spiro atoms. The van der Waals surface area contributed by atoms with Gasteiger partial charge in [-0.15, -0.1) is 0 Å². The lowest BCUT2D eigenvalue weighted by molar-refractivity contribution is 0.0588. The molecule has 3 nitrogen and oxygen atoms in total. The van der Waals surface area contributed by atoms with Gasteiger partial charge in [0.25, 0.3) is 0 Å². The van der Waals surface area contributed by atoms with E-state index in [1.807, 2.05) is 0 Å². The summed E-state index contributed by atoms with van der Waals surface area (Å²) in [5, 5.41) is 0. The Morgan fingerprint density at radius 1 is 1.21 bits per heavy atom. The lowest BCUT2D eigenvalue weighted by atomic mass is 10.0. The van der Waals surface area contributed by atoms with Crippen LogP contribution >= 0.6 is 0 Å². The largest absolute Gasteiger partial charge is 0.383 e. The first-order chi connectivity index (χ1) is 9.19. The molecular formula is C16H28N2O. The standard InChI is InChI=1S/C16H28N2O/c1-14(2)16(13-19-3)18(11-7-10-17)12-15-8-5-4-6-9-15/h4-6,8-9,14,16H,7,10-13,17H2,1-3H3. The van der Waals surface area contributed by atoms with Crippen molar-refractivity contribution in [1.82, 2.24) is 4.90 Å². The third-order valence-corrected chi connectivity index (χ3v) is 3.45. The number of nitrogens with two attached hydrogens (primary N) is 1. The molecule has 0 saturated heterocycles. The molecule has 3 heteroatoms. The Morgan fingerprint density at radius 3 is 2.42 bits per heavy atom. The van der Waals surface area contributed by atoms with E-state index in [2.05, 4.69) is 49.1 Å². The monoisotopic (exact) mass is 264 g/mol. The van der Waals surface area contributed by atoms with E-state index in [-0.39, 0.29) is 0 Å². The summed E-state index contributed by atoms with van der Waals surface area (Å²) in [4.78, 5) is 2.50. The van der Waals surface area contributed by atoms with Crippen molar-refractivity contribution in [2.45, 2.75) is 32.9 Å². The van der Waals surface area contributed by atoms with Crippen molar-refractivity contribution in [3.63, 3.8) is 0 Å². The SMILES string of the molecule is COCC(C(C)C)N(CCCN)Cc1ccccc1. The van der Waals surface area contributed by atoms with E-state index < -0.39 is 0 Å². The molecule has 0 aliphatic rings. The van der Waals surface area contributed by atoms with Crippen molar-refractivity contribution in [3.8, 4) is 0 Å². The Hall–Kier alpha value is -0.900. The maximum absolute atomic E-state index is 5.66. The number of methoxy groups -OCH3 is 1. The molecule has 1 unspecified atom stereocenters. The molecule has 0 aliphatic carbocycles. The first-order valence-corrected chi connectivity index (χ1v) is 7.16. The van der Waals surface area contributed by atoms with Gasteiger partial charge < -0.3 is 10.5 Å². The van der Waals surface area contributed by atoms with E-state index in [0.29, 0.717) is 12.0 Å². The normalized spacial score (nSPS) is 13.2. The molecule has 0 aromatic heterocycles. The van der Waals surface area contributed by atoms with Crippen LogP contribution in [0.15, 0.2) is 30.3 Å². The van der Waals surface area contributed by atoms with Crippen LogP contribution in [0.2, 0.25) is 0 Å². The number of ether oxygens (including phenoxy) is 1. The second-order valence-corrected chi connectivity index (χ2v) is 5.37. The van der Waals surface area contributed by atoms with Crippen LogP contribution in [0.25, 0.3) is 0 Å². The summed E-state index contributed by atoms with van der Waals surface area (Å²) < 4.78 is 5.39. The van der Waals surface area contributed by atoms with Gasteiger partial charge in [0.2, 0.25) is 0 Å². The van der Waals surface area contributed by atoms with Crippen LogP contribution in [0.3, 0.4) is 0 Å². The van der Waals surface area contributed by atoms with Gasteiger partial charge in [-0.1, -0.05) is 44.2 Å². The number of rotatable bonds is 9. The highest BCUT2D eigenvalue weighted by Crippen LogP contribution is 2.15. The van der Waals surface area contributed by atoms with E-state index in [1.54, 1.807) is 7.11 Å². The highest BCUT2D eigenvalue weighted by Gasteiger charge is 2.21. The Kier molecular flexibility index (Phi) is 7.72. The Bertz CT molecular complexity index is 327. The first-order valence-electron chi connectivity index (χ1n) is 7.16. The molecule has 1 aromatic rings. The van der Waals surface area contributed by atoms with Gasteiger partial charge in [-0.25, -0.2) is 0 Å². The van der Waals surface area contributed by atoms with Gasteiger partial charge in [0.1, 0.15) is 0 Å². The minimum atomic E-state index is 0.441. The fraction of sp³-hybridized carbons (Fsp3) is 0.625. The smallest absolute Gasteiger partial charge is 0.0620 e. The average Bonchev–Trinajstić information content (AvgIpc) is 2.42. The van der Waals surface area contributed by atoms with Gasteiger partial charge in [0.05, 0.1) is 6.61 Å². The molecule has 0 heterocycles. The number of benzene rings is 1. The van der Waals surface area contributed by atoms with Crippen LogP contribution in [-0.4, -0.2) is 37.7 Å². The van der Waals surface area contributed by atoms with E-state index >= 15 is 0 Å². The van der Waals surface area contributed by atoms with Gasteiger partial charge in [-0.2, -0.15) is 0 Å². The molecule has 0 fully saturated rings. The van der Waals surface area contributed by atoms with Crippen LogP contribution in [0.4, 0.5) is 0 Å². The van der Waals surface area contributed by atoms with Gasteiger partial charge in [-0.3, -0.25) is 4.90 Å². The summed E-state index contributed by atoms with van der Waals surface area (Å²) in [7, 11) is 1.78. The summed E-state index contributed by atoms with van der Waals surface area (Å²) in [6, 6.07) is 11.0.